The van der Waals surface area contributed by atoms with Crippen molar-refractivity contribution in [3.05, 3.63) is 90.5 Å². The molecule has 33 heavy (non-hydrogen) atoms. The molecule has 0 bridgehead atoms. The fourth-order valence-corrected chi connectivity index (χ4v) is 4.56. The maximum Gasteiger partial charge on any atom is 0.321 e. The fraction of sp³-hybridized carbons (Fsp3) is 0.259. The summed E-state index contributed by atoms with van der Waals surface area (Å²) in [6.07, 6.45) is 11.2. The average molecular weight is 439 g/mol. The number of carbonyl (C=O) groups is 1. The van der Waals surface area contributed by atoms with Gasteiger partial charge in [0.25, 0.3) is 5.91 Å². The lowest BCUT2D eigenvalue weighted by atomic mass is 9.91. The van der Waals surface area contributed by atoms with Gasteiger partial charge in [0.15, 0.2) is 0 Å². The normalized spacial score (nSPS) is 16.4. The molecule has 0 N–H and O–H groups in total. The van der Waals surface area contributed by atoms with Crippen LogP contribution in [0.25, 0.3) is 10.8 Å². The first-order valence-corrected chi connectivity index (χ1v) is 11.4. The molecule has 166 valence electrons. The van der Waals surface area contributed by atoms with Gasteiger partial charge < -0.3 is 9.64 Å². The molecule has 6 nitrogen and oxygen atoms in total. The van der Waals surface area contributed by atoms with E-state index in [2.05, 4.69) is 39.2 Å². The molecular formula is C27H26N4O2. The van der Waals surface area contributed by atoms with Crippen molar-refractivity contribution in [3.8, 4) is 11.8 Å². The van der Waals surface area contributed by atoms with Crippen molar-refractivity contribution < 1.29 is 9.53 Å². The lowest BCUT2D eigenvalue weighted by molar-refractivity contribution is 0.0759. The predicted molar refractivity (Wildman–Crippen MR) is 127 cm³/mol. The minimum Gasteiger partial charge on any atom is -0.424 e. The Hall–Kier alpha value is -3.80. The molecule has 2 aromatic heterocycles. The van der Waals surface area contributed by atoms with Gasteiger partial charge in [0, 0.05) is 48.8 Å². The molecule has 1 aliphatic rings. The summed E-state index contributed by atoms with van der Waals surface area (Å²) in [7, 11) is 0. The van der Waals surface area contributed by atoms with Crippen LogP contribution in [0.3, 0.4) is 0 Å². The first kappa shape index (κ1) is 21.1. The third-order valence-electron chi connectivity index (χ3n) is 6.25. The van der Waals surface area contributed by atoms with E-state index in [9.17, 15) is 4.79 Å². The third kappa shape index (κ3) is 5.00. The van der Waals surface area contributed by atoms with Crippen molar-refractivity contribution in [2.45, 2.75) is 25.7 Å². The van der Waals surface area contributed by atoms with Gasteiger partial charge >= 0.3 is 6.01 Å². The zero-order valence-corrected chi connectivity index (χ0v) is 18.4. The first-order chi connectivity index (χ1) is 16.3. The number of ether oxygens (including phenoxy) is 1. The molecule has 1 saturated heterocycles. The number of nitrogens with zero attached hydrogens (tertiary/aromatic N) is 4. The van der Waals surface area contributed by atoms with Gasteiger partial charge in [-0.15, -0.1) is 0 Å². The molecule has 1 amide bonds. The van der Waals surface area contributed by atoms with Crippen LogP contribution in [0.15, 0.2) is 79.4 Å². The number of pyridine rings is 1. The molecule has 0 saturated carbocycles. The molecule has 0 aliphatic carbocycles. The summed E-state index contributed by atoms with van der Waals surface area (Å²) in [5, 5.41) is 2.47. The molecule has 2 aromatic carbocycles. The summed E-state index contributed by atoms with van der Waals surface area (Å²) >= 11 is 0. The third-order valence-corrected chi connectivity index (χ3v) is 6.25. The number of aromatic nitrogens is 3. The first-order valence-electron chi connectivity index (χ1n) is 11.4. The Labute approximate surface area is 193 Å². The Balaban J connectivity index is 1.24. The molecule has 1 fully saturated rings. The molecule has 5 rings (SSSR count). The SMILES string of the molecule is O=C(c1cccc(Oc2ncccn2)c1)N1CCCC(Cc2cccc3ccncc23)CC1. The van der Waals surface area contributed by atoms with Crippen molar-refractivity contribution in [2.24, 2.45) is 5.92 Å². The van der Waals surface area contributed by atoms with E-state index in [0.717, 1.165) is 38.8 Å². The molecule has 6 heteroatoms. The Bertz CT molecular complexity index is 1240. The van der Waals surface area contributed by atoms with Crippen LogP contribution in [0.2, 0.25) is 0 Å². The smallest absolute Gasteiger partial charge is 0.321 e. The van der Waals surface area contributed by atoms with E-state index in [1.54, 1.807) is 24.5 Å². The second kappa shape index (κ2) is 9.77. The standard InChI is InChI=1S/C27H26N4O2/c32-26(23-8-2-9-24(18-23)33-27-29-12-4-13-30-27)31-15-3-5-20(11-16-31)17-22-7-1-6-21-10-14-28-19-25(21)22/h1-2,4,6-10,12-14,18-20H,3,5,11,15-17H2. The number of carbonyl (C=O) groups excluding carboxylic acids is 1. The summed E-state index contributed by atoms with van der Waals surface area (Å²) in [6, 6.07) is 17.8. The maximum atomic E-state index is 13.2. The van der Waals surface area contributed by atoms with Gasteiger partial charge in [-0.2, -0.15) is 0 Å². The number of benzene rings is 2. The second-order valence-electron chi connectivity index (χ2n) is 8.47. The lowest BCUT2D eigenvalue weighted by Crippen LogP contribution is -2.32. The van der Waals surface area contributed by atoms with Crippen LogP contribution in [0.4, 0.5) is 0 Å². The summed E-state index contributed by atoms with van der Waals surface area (Å²) < 4.78 is 5.70. The number of fused-ring (bicyclic) bond motifs is 1. The average Bonchev–Trinajstić information content (AvgIpc) is 3.10. The van der Waals surface area contributed by atoms with Crippen molar-refractivity contribution in [3.63, 3.8) is 0 Å². The zero-order valence-electron chi connectivity index (χ0n) is 18.4. The van der Waals surface area contributed by atoms with Crippen LogP contribution in [-0.4, -0.2) is 38.8 Å². The quantitative estimate of drug-likeness (QED) is 0.423. The van der Waals surface area contributed by atoms with Gasteiger partial charge in [0.1, 0.15) is 5.75 Å². The maximum absolute atomic E-state index is 13.2. The number of amides is 1. The molecule has 1 unspecified atom stereocenters. The molecule has 0 radical (unpaired) electrons. The van der Waals surface area contributed by atoms with Crippen LogP contribution in [0, 0.1) is 5.92 Å². The Morgan fingerprint density at radius 1 is 0.970 bits per heavy atom. The fourth-order valence-electron chi connectivity index (χ4n) is 4.56. The monoisotopic (exact) mass is 438 g/mol. The highest BCUT2D eigenvalue weighted by molar-refractivity contribution is 5.94. The van der Waals surface area contributed by atoms with Crippen LogP contribution in [0.5, 0.6) is 11.8 Å². The highest BCUT2D eigenvalue weighted by Crippen LogP contribution is 2.27. The van der Waals surface area contributed by atoms with E-state index in [1.165, 1.54) is 16.3 Å². The van der Waals surface area contributed by atoms with Crippen LogP contribution in [0.1, 0.15) is 35.2 Å². The van der Waals surface area contributed by atoms with E-state index in [-0.39, 0.29) is 11.9 Å². The summed E-state index contributed by atoms with van der Waals surface area (Å²) in [6.45, 7) is 1.54. The van der Waals surface area contributed by atoms with E-state index in [4.69, 9.17) is 4.74 Å². The highest BCUT2D eigenvalue weighted by Gasteiger charge is 2.22. The topological polar surface area (TPSA) is 68.2 Å². The van der Waals surface area contributed by atoms with Crippen molar-refractivity contribution in [2.75, 3.05) is 13.1 Å². The van der Waals surface area contributed by atoms with Gasteiger partial charge in [0.2, 0.25) is 0 Å². The van der Waals surface area contributed by atoms with Crippen LogP contribution < -0.4 is 4.74 Å². The summed E-state index contributed by atoms with van der Waals surface area (Å²) in [4.78, 5) is 27.7. The van der Waals surface area contributed by atoms with Crippen molar-refractivity contribution in [1.82, 2.24) is 19.9 Å². The van der Waals surface area contributed by atoms with Gasteiger partial charge in [-0.1, -0.05) is 24.3 Å². The molecule has 1 atom stereocenters. The van der Waals surface area contributed by atoms with E-state index >= 15 is 0 Å². The summed E-state index contributed by atoms with van der Waals surface area (Å²) in [5.74, 6) is 1.16. The predicted octanol–water partition coefficient (Wildman–Crippen LogP) is 5.30. The van der Waals surface area contributed by atoms with Crippen molar-refractivity contribution >= 4 is 16.7 Å². The minimum atomic E-state index is 0.0458. The van der Waals surface area contributed by atoms with Crippen molar-refractivity contribution in [1.29, 1.82) is 0 Å². The number of rotatable bonds is 5. The number of hydrogen-bond donors (Lipinski definition) is 0. The molecule has 1 aliphatic heterocycles. The highest BCUT2D eigenvalue weighted by atomic mass is 16.5. The largest absolute Gasteiger partial charge is 0.424 e. The van der Waals surface area contributed by atoms with E-state index in [0.29, 0.717) is 17.2 Å². The van der Waals surface area contributed by atoms with E-state index < -0.39 is 0 Å². The zero-order chi connectivity index (χ0) is 22.5. The molecular weight excluding hydrogens is 412 g/mol. The van der Waals surface area contributed by atoms with Gasteiger partial charge in [0.05, 0.1) is 0 Å². The minimum absolute atomic E-state index is 0.0458. The Morgan fingerprint density at radius 3 is 2.76 bits per heavy atom. The number of likely N-dealkylation sites (tertiary alicyclic amines) is 1. The number of hydrogen-bond acceptors (Lipinski definition) is 5. The van der Waals surface area contributed by atoms with Crippen LogP contribution >= 0.6 is 0 Å². The van der Waals surface area contributed by atoms with Crippen LogP contribution in [-0.2, 0) is 6.42 Å². The van der Waals surface area contributed by atoms with E-state index in [1.807, 2.05) is 35.5 Å². The molecule has 3 heterocycles. The van der Waals surface area contributed by atoms with Gasteiger partial charge in [-0.25, -0.2) is 9.97 Å². The Kier molecular flexibility index (Phi) is 6.24. The molecule has 0 spiro atoms. The summed E-state index contributed by atoms with van der Waals surface area (Å²) in [5.41, 5.74) is 1.97. The van der Waals surface area contributed by atoms with Gasteiger partial charge in [-0.05, 0) is 72.9 Å². The van der Waals surface area contributed by atoms with Gasteiger partial charge in [-0.3, -0.25) is 9.78 Å². The second-order valence-corrected chi connectivity index (χ2v) is 8.47. The molecule has 4 aromatic rings. The Morgan fingerprint density at radius 2 is 1.85 bits per heavy atom. The lowest BCUT2D eigenvalue weighted by Gasteiger charge is -2.21.